The predicted molar refractivity (Wildman–Crippen MR) is 134 cm³/mol. The van der Waals surface area contributed by atoms with Gasteiger partial charge in [-0.2, -0.15) is 0 Å². The van der Waals surface area contributed by atoms with Gasteiger partial charge in [-0.05, 0) is 91.3 Å². The summed E-state index contributed by atoms with van der Waals surface area (Å²) in [7, 11) is 0. The van der Waals surface area contributed by atoms with E-state index in [-0.39, 0.29) is 37.4 Å². The van der Waals surface area contributed by atoms with Gasteiger partial charge in [-0.25, -0.2) is 4.79 Å². The van der Waals surface area contributed by atoms with Crippen LogP contribution in [0.4, 0.5) is 4.79 Å². The topological polar surface area (TPSA) is 46.5 Å². The van der Waals surface area contributed by atoms with Crippen molar-refractivity contribution >= 4 is 29.2 Å². The molecule has 180 valence electrons. The molecule has 32 heavy (non-hydrogen) atoms. The average Bonchev–Trinajstić information content (AvgIpc) is 3.05. The fourth-order valence-electron chi connectivity index (χ4n) is 8.90. The molecule has 8 atom stereocenters. The summed E-state index contributed by atoms with van der Waals surface area (Å²) in [6, 6.07) is 0. The second kappa shape index (κ2) is 10.2. The molecule has 0 spiro atoms. The molecule has 4 aliphatic rings. The SMILES string of the molecule is CC(C)CCC[C@@H](C)[C@H]1CC[C@H]2[C@@H]3CC=C4C[C@@H](OC(=O)O)CC[C@]4(C)[C@H]3CC[C@]12C.[H-].[H-].[Mg+2]. The number of ether oxygens (including phenoxy) is 1. The van der Waals surface area contributed by atoms with Crippen LogP contribution in [0.25, 0.3) is 0 Å². The van der Waals surface area contributed by atoms with Crippen LogP contribution in [0.2, 0.25) is 0 Å². The summed E-state index contributed by atoms with van der Waals surface area (Å²) in [5.74, 6) is 5.09. The van der Waals surface area contributed by atoms with Crippen LogP contribution < -0.4 is 0 Å². The standard InChI is InChI=1S/C28H46O3.Mg.2H/c1-18(2)7-6-8-19(3)23-11-12-24-22-10-9-20-17-21(31-26(29)30)13-15-27(20,4)25(22)14-16-28(23,24)5;;;/h9,18-19,21-25H,6-8,10-17H2,1-5H3,(H,29,30);;;/q;+2;2*-1/t19-,21+,22+,23-,24+,25+,27+,28-;;;/m1.../s1. The van der Waals surface area contributed by atoms with Gasteiger partial charge in [0.1, 0.15) is 6.10 Å². The van der Waals surface area contributed by atoms with Crippen molar-refractivity contribution in [1.29, 1.82) is 0 Å². The zero-order valence-electron chi connectivity index (χ0n) is 23.4. The van der Waals surface area contributed by atoms with Crippen molar-refractivity contribution in [2.45, 2.75) is 111 Å². The van der Waals surface area contributed by atoms with Crippen LogP contribution in [0, 0.1) is 46.3 Å². The van der Waals surface area contributed by atoms with Crippen LogP contribution in [0.15, 0.2) is 11.6 Å². The molecule has 3 nitrogen and oxygen atoms in total. The van der Waals surface area contributed by atoms with Crippen molar-refractivity contribution in [3.05, 3.63) is 11.6 Å². The van der Waals surface area contributed by atoms with E-state index in [0.29, 0.717) is 5.41 Å². The van der Waals surface area contributed by atoms with E-state index in [0.717, 1.165) is 54.8 Å². The molecule has 0 aromatic rings. The maximum Gasteiger partial charge on any atom is 2.00 e. The van der Waals surface area contributed by atoms with Gasteiger partial charge >= 0.3 is 29.2 Å². The molecule has 0 heterocycles. The summed E-state index contributed by atoms with van der Waals surface area (Å²) in [6.45, 7) is 12.4. The van der Waals surface area contributed by atoms with Gasteiger partial charge in [0, 0.05) is 6.42 Å². The summed E-state index contributed by atoms with van der Waals surface area (Å²) in [6.07, 6.45) is 15.1. The van der Waals surface area contributed by atoms with Gasteiger partial charge in [0.2, 0.25) is 0 Å². The second-order valence-electron chi connectivity index (χ2n) is 12.5. The molecule has 0 unspecified atom stereocenters. The molecule has 0 bridgehead atoms. The molecule has 0 amide bonds. The van der Waals surface area contributed by atoms with Crippen molar-refractivity contribution in [3.63, 3.8) is 0 Å². The molecular weight excluding hydrogens is 409 g/mol. The van der Waals surface area contributed by atoms with Gasteiger partial charge in [0.05, 0.1) is 0 Å². The zero-order valence-corrected chi connectivity index (χ0v) is 22.8. The Morgan fingerprint density at radius 2 is 1.88 bits per heavy atom. The Morgan fingerprint density at radius 3 is 2.56 bits per heavy atom. The number of hydrogen-bond acceptors (Lipinski definition) is 2. The third-order valence-corrected chi connectivity index (χ3v) is 10.5. The van der Waals surface area contributed by atoms with E-state index < -0.39 is 6.16 Å². The van der Waals surface area contributed by atoms with Gasteiger partial charge in [0.25, 0.3) is 0 Å². The predicted octanol–water partition coefficient (Wildman–Crippen LogP) is 7.94. The molecule has 0 aliphatic heterocycles. The second-order valence-corrected chi connectivity index (χ2v) is 12.5. The van der Waals surface area contributed by atoms with Gasteiger partial charge in [-0.15, -0.1) is 0 Å². The van der Waals surface area contributed by atoms with E-state index >= 15 is 0 Å². The monoisotopic (exact) mass is 456 g/mol. The summed E-state index contributed by atoms with van der Waals surface area (Å²) < 4.78 is 5.17. The van der Waals surface area contributed by atoms with Crippen LogP contribution in [0.5, 0.6) is 0 Å². The van der Waals surface area contributed by atoms with Crippen molar-refractivity contribution in [2.24, 2.45) is 46.3 Å². The Bertz CT molecular complexity index is 714. The maximum absolute atomic E-state index is 11.0. The van der Waals surface area contributed by atoms with Crippen LogP contribution in [0.1, 0.15) is 108 Å². The Labute approximate surface area is 215 Å². The quantitative estimate of drug-likeness (QED) is 0.250. The van der Waals surface area contributed by atoms with Crippen LogP contribution in [-0.2, 0) is 4.74 Å². The summed E-state index contributed by atoms with van der Waals surface area (Å²) in [4.78, 5) is 11.0. The van der Waals surface area contributed by atoms with E-state index in [9.17, 15) is 4.79 Å². The number of carbonyl (C=O) groups is 1. The molecular formula is C28H48MgO3. The number of hydrogen-bond donors (Lipinski definition) is 1. The number of rotatable bonds is 6. The third-order valence-electron chi connectivity index (χ3n) is 10.5. The Kier molecular flexibility index (Phi) is 8.39. The van der Waals surface area contributed by atoms with E-state index in [1.54, 1.807) is 0 Å². The first-order chi connectivity index (χ1) is 14.6. The minimum atomic E-state index is -1.11. The molecule has 4 rings (SSSR count). The smallest absolute Gasteiger partial charge is 1.00 e. The maximum atomic E-state index is 11.0. The first kappa shape index (κ1) is 26.4. The Hall–Kier alpha value is -0.224. The molecule has 3 fully saturated rings. The molecule has 0 radical (unpaired) electrons. The van der Waals surface area contributed by atoms with E-state index in [2.05, 4.69) is 40.7 Å². The molecule has 4 aliphatic carbocycles. The summed E-state index contributed by atoms with van der Waals surface area (Å²) in [5.41, 5.74) is 2.30. The van der Waals surface area contributed by atoms with E-state index in [1.165, 1.54) is 56.9 Å². The molecule has 0 saturated heterocycles. The first-order valence-corrected chi connectivity index (χ1v) is 13.2. The van der Waals surface area contributed by atoms with Gasteiger partial charge in [-0.3, -0.25) is 0 Å². The normalized spacial score (nSPS) is 41.6. The van der Waals surface area contributed by atoms with Crippen molar-refractivity contribution in [3.8, 4) is 0 Å². The fraction of sp³-hybridized carbons (Fsp3) is 0.893. The van der Waals surface area contributed by atoms with Crippen LogP contribution in [-0.4, -0.2) is 40.4 Å². The van der Waals surface area contributed by atoms with Gasteiger partial charge < -0.3 is 12.7 Å². The fourth-order valence-corrected chi connectivity index (χ4v) is 8.90. The largest absolute Gasteiger partial charge is 2.00 e. The molecule has 0 aromatic carbocycles. The van der Waals surface area contributed by atoms with Gasteiger partial charge in [0.15, 0.2) is 0 Å². The van der Waals surface area contributed by atoms with Gasteiger partial charge in [-0.1, -0.05) is 65.5 Å². The van der Waals surface area contributed by atoms with Crippen LogP contribution in [0.3, 0.4) is 0 Å². The third kappa shape index (κ3) is 4.79. The first-order valence-electron chi connectivity index (χ1n) is 13.2. The van der Waals surface area contributed by atoms with Crippen LogP contribution >= 0.6 is 0 Å². The summed E-state index contributed by atoms with van der Waals surface area (Å²) >= 11 is 0. The zero-order chi connectivity index (χ0) is 22.4. The minimum Gasteiger partial charge on any atom is -1.00 e. The number of allylic oxidation sites excluding steroid dienone is 1. The van der Waals surface area contributed by atoms with Crippen molar-refractivity contribution in [1.82, 2.24) is 0 Å². The van der Waals surface area contributed by atoms with Crippen molar-refractivity contribution in [2.75, 3.05) is 0 Å². The Morgan fingerprint density at radius 1 is 1.12 bits per heavy atom. The molecule has 4 heteroatoms. The molecule has 1 N–H and O–H groups in total. The number of carboxylic acid groups (broad SMARTS) is 1. The van der Waals surface area contributed by atoms with E-state index in [4.69, 9.17) is 9.84 Å². The number of fused-ring (bicyclic) bond motifs is 5. The minimum absolute atomic E-state index is 0. The summed E-state index contributed by atoms with van der Waals surface area (Å²) in [5, 5.41) is 9.05. The average molecular weight is 457 g/mol. The van der Waals surface area contributed by atoms with E-state index in [1.807, 2.05) is 0 Å². The molecule has 0 aromatic heterocycles. The van der Waals surface area contributed by atoms with Crippen molar-refractivity contribution < 1.29 is 17.5 Å². The molecule has 3 saturated carbocycles. The Balaban J connectivity index is 0.00000193.